The molecule has 0 N–H and O–H groups in total. The average Bonchev–Trinajstić information content (AvgIpc) is 2.78. The molecule has 0 spiro atoms. The van der Waals surface area contributed by atoms with Crippen molar-refractivity contribution in [1.82, 2.24) is 14.4 Å². The van der Waals surface area contributed by atoms with Crippen LogP contribution in [0.2, 0.25) is 0 Å². The van der Waals surface area contributed by atoms with Crippen LogP contribution in [0.5, 0.6) is 5.88 Å². The van der Waals surface area contributed by atoms with E-state index in [4.69, 9.17) is 9.72 Å². The van der Waals surface area contributed by atoms with Crippen molar-refractivity contribution >= 4 is 5.65 Å². The van der Waals surface area contributed by atoms with E-state index in [2.05, 4.69) is 29.3 Å². The van der Waals surface area contributed by atoms with Gasteiger partial charge in [-0.15, -0.1) is 0 Å². The molecule has 3 aromatic heterocycles. The number of imidazole rings is 1. The number of aromatic nitrogens is 3. The largest absolute Gasteiger partial charge is 0.481 e. The minimum absolute atomic E-state index is 0.612. The maximum absolute atomic E-state index is 5.08. The molecule has 0 saturated carbocycles. The van der Waals surface area contributed by atoms with Crippen LogP contribution in [0.1, 0.15) is 11.3 Å². The number of methoxy groups -OCH3 is 1. The summed E-state index contributed by atoms with van der Waals surface area (Å²) in [6.45, 7) is 4.14. The van der Waals surface area contributed by atoms with Gasteiger partial charge in [0.1, 0.15) is 5.65 Å². The van der Waals surface area contributed by atoms with Gasteiger partial charge in [0, 0.05) is 29.7 Å². The molecule has 0 bridgehead atoms. The first kappa shape index (κ1) is 11.7. The van der Waals surface area contributed by atoms with Crippen LogP contribution in [0.25, 0.3) is 16.9 Å². The Morgan fingerprint density at radius 1 is 1.16 bits per heavy atom. The Labute approximate surface area is 111 Å². The van der Waals surface area contributed by atoms with Crippen LogP contribution >= 0.6 is 0 Å². The second kappa shape index (κ2) is 4.39. The van der Waals surface area contributed by atoms with Crippen LogP contribution in [0.15, 0.2) is 36.7 Å². The molecule has 0 aliphatic carbocycles. The molecule has 0 saturated heterocycles. The van der Waals surface area contributed by atoms with Gasteiger partial charge in [-0.05, 0) is 31.5 Å². The number of hydrogen-bond acceptors (Lipinski definition) is 3. The molecule has 0 fully saturated rings. The van der Waals surface area contributed by atoms with Crippen molar-refractivity contribution in [3.05, 3.63) is 47.9 Å². The topological polar surface area (TPSA) is 39.4 Å². The predicted octanol–water partition coefficient (Wildman–Crippen LogP) is 3.02. The van der Waals surface area contributed by atoms with Gasteiger partial charge in [-0.2, -0.15) is 0 Å². The van der Waals surface area contributed by atoms with Gasteiger partial charge >= 0.3 is 0 Å². The lowest BCUT2D eigenvalue weighted by molar-refractivity contribution is 0.398. The maximum atomic E-state index is 5.08. The zero-order valence-electron chi connectivity index (χ0n) is 11.2. The lowest BCUT2D eigenvalue weighted by Crippen LogP contribution is -1.89. The van der Waals surface area contributed by atoms with E-state index in [0.29, 0.717) is 5.88 Å². The summed E-state index contributed by atoms with van der Waals surface area (Å²) < 4.78 is 7.18. The summed E-state index contributed by atoms with van der Waals surface area (Å²) in [5, 5.41) is 0. The average molecular weight is 253 g/mol. The van der Waals surface area contributed by atoms with Crippen molar-refractivity contribution in [2.24, 2.45) is 0 Å². The Bertz CT molecular complexity index is 729. The fourth-order valence-corrected chi connectivity index (χ4v) is 2.24. The molecule has 19 heavy (non-hydrogen) atoms. The molecule has 3 rings (SSSR count). The lowest BCUT2D eigenvalue weighted by Gasteiger charge is -2.01. The monoisotopic (exact) mass is 253 g/mol. The van der Waals surface area contributed by atoms with Gasteiger partial charge in [0.25, 0.3) is 0 Å². The minimum Gasteiger partial charge on any atom is -0.481 e. The van der Waals surface area contributed by atoms with E-state index >= 15 is 0 Å². The van der Waals surface area contributed by atoms with Crippen molar-refractivity contribution in [2.75, 3.05) is 7.11 Å². The number of nitrogens with zero attached hydrogens (tertiary/aromatic N) is 3. The van der Waals surface area contributed by atoms with Crippen LogP contribution in [0.3, 0.4) is 0 Å². The molecule has 0 amide bonds. The van der Waals surface area contributed by atoms with Gasteiger partial charge in [-0.1, -0.05) is 6.07 Å². The number of ether oxygens (including phenoxy) is 1. The molecule has 0 aliphatic rings. The molecule has 0 radical (unpaired) electrons. The van der Waals surface area contributed by atoms with Crippen molar-refractivity contribution in [2.45, 2.75) is 13.8 Å². The first-order chi connectivity index (χ1) is 9.20. The summed E-state index contributed by atoms with van der Waals surface area (Å²) >= 11 is 0. The summed E-state index contributed by atoms with van der Waals surface area (Å²) in [5.74, 6) is 0.612. The highest BCUT2D eigenvalue weighted by atomic mass is 16.5. The van der Waals surface area contributed by atoms with E-state index in [0.717, 1.165) is 22.6 Å². The minimum atomic E-state index is 0.612. The molecule has 96 valence electrons. The van der Waals surface area contributed by atoms with Gasteiger partial charge in [0.05, 0.1) is 12.8 Å². The lowest BCUT2D eigenvalue weighted by atomic mass is 10.2. The normalized spacial score (nSPS) is 10.9. The highest BCUT2D eigenvalue weighted by Gasteiger charge is 2.11. The number of pyridine rings is 2. The Hall–Kier alpha value is -2.36. The smallest absolute Gasteiger partial charge is 0.212 e. The molecule has 0 aliphatic heterocycles. The van der Waals surface area contributed by atoms with Gasteiger partial charge in [-0.25, -0.2) is 9.97 Å². The molecule has 4 nitrogen and oxygen atoms in total. The maximum Gasteiger partial charge on any atom is 0.212 e. The molecular formula is C15H15N3O. The van der Waals surface area contributed by atoms with Crippen LogP contribution in [-0.4, -0.2) is 21.5 Å². The SMILES string of the molecule is COc1ccc(-c2nc3c(C)cccn3c2C)cn1. The van der Waals surface area contributed by atoms with Crippen LogP contribution in [0, 0.1) is 13.8 Å². The van der Waals surface area contributed by atoms with E-state index in [9.17, 15) is 0 Å². The van der Waals surface area contributed by atoms with Gasteiger partial charge in [0.15, 0.2) is 0 Å². The first-order valence-electron chi connectivity index (χ1n) is 6.15. The van der Waals surface area contributed by atoms with Crippen molar-refractivity contribution in [1.29, 1.82) is 0 Å². The van der Waals surface area contributed by atoms with Crippen molar-refractivity contribution < 1.29 is 4.74 Å². The summed E-state index contributed by atoms with van der Waals surface area (Å²) in [6, 6.07) is 7.94. The zero-order valence-corrected chi connectivity index (χ0v) is 11.2. The summed E-state index contributed by atoms with van der Waals surface area (Å²) in [6.07, 6.45) is 3.83. The molecule has 3 heterocycles. The van der Waals surface area contributed by atoms with E-state index in [1.807, 2.05) is 24.4 Å². The van der Waals surface area contributed by atoms with E-state index in [1.54, 1.807) is 13.3 Å². The van der Waals surface area contributed by atoms with Gasteiger partial charge < -0.3 is 9.14 Å². The fraction of sp³-hybridized carbons (Fsp3) is 0.200. The standard InChI is InChI=1S/C15H15N3O/c1-10-5-4-8-18-11(2)14(17-15(10)18)12-6-7-13(19-3)16-9-12/h4-9H,1-3H3. The summed E-state index contributed by atoms with van der Waals surface area (Å²) in [7, 11) is 1.61. The molecule has 4 heteroatoms. The third-order valence-electron chi connectivity index (χ3n) is 3.30. The molecule has 0 aromatic carbocycles. The third kappa shape index (κ3) is 1.85. The Kier molecular flexibility index (Phi) is 2.71. The van der Waals surface area contributed by atoms with Crippen LogP contribution < -0.4 is 4.74 Å². The van der Waals surface area contributed by atoms with E-state index in [-0.39, 0.29) is 0 Å². The van der Waals surface area contributed by atoms with Gasteiger partial charge in [0.2, 0.25) is 5.88 Å². The van der Waals surface area contributed by atoms with Crippen molar-refractivity contribution in [3.63, 3.8) is 0 Å². The summed E-state index contributed by atoms with van der Waals surface area (Å²) in [4.78, 5) is 8.96. The second-order valence-corrected chi connectivity index (χ2v) is 4.52. The number of fused-ring (bicyclic) bond motifs is 1. The summed E-state index contributed by atoms with van der Waals surface area (Å²) in [5.41, 5.74) is 5.24. The van der Waals surface area contributed by atoms with Crippen LogP contribution in [0.4, 0.5) is 0 Å². The van der Waals surface area contributed by atoms with Crippen LogP contribution in [-0.2, 0) is 0 Å². The fourth-order valence-electron chi connectivity index (χ4n) is 2.24. The molecule has 0 unspecified atom stereocenters. The Morgan fingerprint density at radius 2 is 2.00 bits per heavy atom. The molecule has 0 atom stereocenters. The van der Waals surface area contributed by atoms with E-state index < -0.39 is 0 Å². The quantitative estimate of drug-likeness (QED) is 0.704. The zero-order chi connectivity index (χ0) is 13.4. The first-order valence-corrected chi connectivity index (χ1v) is 6.15. The molecular weight excluding hydrogens is 238 g/mol. The Morgan fingerprint density at radius 3 is 2.63 bits per heavy atom. The highest BCUT2D eigenvalue weighted by molar-refractivity contribution is 5.67. The second-order valence-electron chi connectivity index (χ2n) is 4.52. The predicted molar refractivity (Wildman–Crippen MR) is 74.4 cm³/mol. The number of rotatable bonds is 2. The Balaban J connectivity index is 2.19. The van der Waals surface area contributed by atoms with Gasteiger partial charge in [-0.3, -0.25) is 0 Å². The highest BCUT2D eigenvalue weighted by Crippen LogP contribution is 2.25. The number of aryl methyl sites for hydroxylation is 2. The van der Waals surface area contributed by atoms with E-state index in [1.165, 1.54) is 5.56 Å². The number of hydrogen-bond donors (Lipinski definition) is 0. The molecule has 3 aromatic rings. The van der Waals surface area contributed by atoms with Crippen molar-refractivity contribution in [3.8, 4) is 17.1 Å². The third-order valence-corrected chi connectivity index (χ3v) is 3.30.